The molecule has 2 aromatic rings. The highest BCUT2D eigenvalue weighted by atomic mass is 16.5. The molecular weight excluding hydrogens is 294 g/mol. The van der Waals surface area contributed by atoms with Crippen molar-refractivity contribution in [1.82, 2.24) is 4.90 Å². The van der Waals surface area contributed by atoms with Crippen molar-refractivity contribution >= 4 is 22.6 Å². The average Bonchev–Trinajstić information content (AvgIpc) is 2.56. The van der Waals surface area contributed by atoms with E-state index in [-0.39, 0.29) is 12.5 Å². The van der Waals surface area contributed by atoms with E-state index in [4.69, 9.17) is 4.74 Å². The lowest BCUT2D eigenvalue weighted by molar-refractivity contribution is -0.144. The average molecular weight is 315 g/mol. The van der Waals surface area contributed by atoms with Crippen LogP contribution in [0, 0.1) is 0 Å². The molecule has 1 atom stereocenters. The van der Waals surface area contributed by atoms with Crippen molar-refractivity contribution in [3.05, 3.63) is 48.0 Å². The van der Waals surface area contributed by atoms with Gasteiger partial charge in [-0.1, -0.05) is 43.3 Å². The zero-order valence-electron chi connectivity index (χ0n) is 13.4. The Kier molecular flexibility index (Phi) is 5.71. The van der Waals surface area contributed by atoms with Crippen LogP contribution in [0.15, 0.2) is 42.5 Å². The normalized spacial score (nSPS) is 12.1. The molecule has 0 saturated heterocycles. The van der Waals surface area contributed by atoms with Gasteiger partial charge in [-0.05, 0) is 23.3 Å². The lowest BCUT2D eigenvalue weighted by Gasteiger charge is -2.28. The smallest absolute Gasteiger partial charge is 0.328 e. The molecule has 0 fully saturated rings. The molecule has 1 amide bonds. The molecule has 0 aliphatic carbocycles. The van der Waals surface area contributed by atoms with E-state index in [0.717, 1.165) is 10.8 Å². The van der Waals surface area contributed by atoms with Crippen molar-refractivity contribution in [2.24, 2.45) is 0 Å². The Morgan fingerprint density at radius 1 is 1.17 bits per heavy atom. The van der Waals surface area contributed by atoms with Crippen molar-refractivity contribution in [2.75, 3.05) is 20.3 Å². The first-order valence-corrected chi connectivity index (χ1v) is 7.60. The van der Waals surface area contributed by atoms with Crippen molar-refractivity contribution in [2.45, 2.75) is 19.4 Å². The van der Waals surface area contributed by atoms with Crippen LogP contribution in [-0.4, -0.2) is 48.2 Å². The van der Waals surface area contributed by atoms with E-state index in [0.29, 0.717) is 18.5 Å². The number of carboxylic acid groups (broad SMARTS) is 1. The molecule has 0 aromatic heterocycles. The van der Waals surface area contributed by atoms with Gasteiger partial charge >= 0.3 is 5.97 Å². The van der Waals surface area contributed by atoms with Gasteiger partial charge in [0.15, 0.2) is 6.04 Å². The number of amides is 1. The third kappa shape index (κ3) is 3.68. The number of rotatable bonds is 7. The second-order valence-electron chi connectivity index (χ2n) is 5.33. The molecule has 122 valence electrons. The van der Waals surface area contributed by atoms with Gasteiger partial charge in [-0.25, -0.2) is 4.79 Å². The van der Waals surface area contributed by atoms with Crippen molar-refractivity contribution < 1.29 is 19.4 Å². The first-order chi connectivity index (χ1) is 11.1. The number of benzene rings is 2. The Morgan fingerprint density at radius 2 is 1.87 bits per heavy atom. The summed E-state index contributed by atoms with van der Waals surface area (Å²) in [6.45, 7) is 2.24. The fraction of sp³-hybridized carbons (Fsp3) is 0.333. The van der Waals surface area contributed by atoms with E-state index in [1.807, 2.05) is 43.3 Å². The number of ether oxygens (including phenoxy) is 1. The van der Waals surface area contributed by atoms with Gasteiger partial charge in [-0.2, -0.15) is 0 Å². The van der Waals surface area contributed by atoms with Gasteiger partial charge in [-0.15, -0.1) is 0 Å². The van der Waals surface area contributed by atoms with E-state index < -0.39 is 12.0 Å². The van der Waals surface area contributed by atoms with Crippen LogP contribution >= 0.6 is 0 Å². The molecule has 5 nitrogen and oxygen atoms in total. The van der Waals surface area contributed by atoms with Crippen LogP contribution < -0.4 is 0 Å². The quantitative estimate of drug-likeness (QED) is 0.853. The van der Waals surface area contributed by atoms with Gasteiger partial charge in [0, 0.05) is 19.2 Å². The van der Waals surface area contributed by atoms with Crippen LogP contribution in [0.2, 0.25) is 0 Å². The van der Waals surface area contributed by atoms with Gasteiger partial charge in [0.1, 0.15) is 0 Å². The zero-order chi connectivity index (χ0) is 16.8. The molecule has 2 rings (SSSR count). The number of carboxylic acids is 1. The van der Waals surface area contributed by atoms with Gasteiger partial charge < -0.3 is 14.7 Å². The molecule has 0 aliphatic rings. The van der Waals surface area contributed by atoms with Crippen LogP contribution in [0.5, 0.6) is 0 Å². The first-order valence-electron chi connectivity index (χ1n) is 7.60. The van der Waals surface area contributed by atoms with Crippen LogP contribution in [0.3, 0.4) is 0 Å². The van der Waals surface area contributed by atoms with E-state index in [1.54, 1.807) is 6.07 Å². The van der Waals surface area contributed by atoms with Crippen LogP contribution in [0.25, 0.3) is 10.8 Å². The van der Waals surface area contributed by atoms with Gasteiger partial charge in [0.2, 0.25) is 0 Å². The molecule has 0 spiro atoms. The standard InChI is InChI=1S/C18H21NO4/c1-3-11-19(16(12-23-2)18(21)22)17(20)15-10-6-8-13-7-4-5-9-14(13)15/h4-10,16H,3,11-12H2,1-2H3,(H,21,22). The van der Waals surface area contributed by atoms with Gasteiger partial charge in [0.25, 0.3) is 5.91 Å². The largest absolute Gasteiger partial charge is 0.480 e. The molecule has 0 saturated carbocycles. The minimum Gasteiger partial charge on any atom is -0.480 e. The summed E-state index contributed by atoms with van der Waals surface area (Å²) >= 11 is 0. The second kappa shape index (κ2) is 7.74. The van der Waals surface area contributed by atoms with Gasteiger partial charge in [-0.3, -0.25) is 4.79 Å². The lowest BCUT2D eigenvalue weighted by Crippen LogP contribution is -2.48. The summed E-state index contributed by atoms with van der Waals surface area (Å²) in [5, 5.41) is 11.2. The van der Waals surface area contributed by atoms with Crippen molar-refractivity contribution in [3.8, 4) is 0 Å². The zero-order valence-corrected chi connectivity index (χ0v) is 13.4. The predicted octanol–water partition coefficient (Wildman–Crippen LogP) is 2.79. The Labute approximate surface area is 135 Å². The first kappa shape index (κ1) is 17.0. The second-order valence-corrected chi connectivity index (χ2v) is 5.33. The number of fused-ring (bicyclic) bond motifs is 1. The van der Waals surface area contributed by atoms with E-state index in [1.165, 1.54) is 12.0 Å². The summed E-state index contributed by atoms with van der Waals surface area (Å²) in [7, 11) is 1.43. The summed E-state index contributed by atoms with van der Waals surface area (Å²) in [5.41, 5.74) is 0.513. The number of hydrogen-bond acceptors (Lipinski definition) is 3. The number of carbonyl (C=O) groups is 2. The maximum atomic E-state index is 13.0. The maximum Gasteiger partial charge on any atom is 0.328 e. The summed E-state index contributed by atoms with van der Waals surface area (Å²) in [5.74, 6) is -1.35. The molecule has 2 aromatic carbocycles. The van der Waals surface area contributed by atoms with Gasteiger partial charge in [0.05, 0.1) is 6.61 Å². The predicted molar refractivity (Wildman–Crippen MR) is 88.6 cm³/mol. The Morgan fingerprint density at radius 3 is 2.52 bits per heavy atom. The highest BCUT2D eigenvalue weighted by Gasteiger charge is 2.30. The summed E-state index contributed by atoms with van der Waals surface area (Å²) in [6.07, 6.45) is 0.671. The lowest BCUT2D eigenvalue weighted by atomic mass is 10.0. The number of methoxy groups -OCH3 is 1. The monoisotopic (exact) mass is 315 g/mol. The highest BCUT2D eigenvalue weighted by molar-refractivity contribution is 6.07. The van der Waals surface area contributed by atoms with Crippen molar-refractivity contribution in [1.29, 1.82) is 0 Å². The number of nitrogens with zero attached hydrogens (tertiary/aromatic N) is 1. The minimum absolute atomic E-state index is 0.0359. The molecular formula is C18H21NO4. The highest BCUT2D eigenvalue weighted by Crippen LogP contribution is 2.21. The minimum atomic E-state index is -1.06. The SMILES string of the molecule is CCCN(C(=O)c1cccc2ccccc12)C(COC)C(=O)O. The number of carbonyl (C=O) groups excluding carboxylic acids is 1. The molecule has 5 heteroatoms. The molecule has 1 unspecified atom stereocenters. The Bertz CT molecular complexity index is 693. The summed E-state index contributed by atoms with van der Waals surface area (Å²) in [4.78, 5) is 25.9. The van der Waals surface area contributed by atoms with Crippen LogP contribution in [0.1, 0.15) is 23.7 Å². The number of aliphatic carboxylic acids is 1. The third-order valence-electron chi connectivity index (χ3n) is 3.73. The fourth-order valence-corrected chi connectivity index (χ4v) is 2.66. The summed E-state index contributed by atoms with van der Waals surface area (Å²) < 4.78 is 4.99. The Balaban J connectivity index is 2.45. The van der Waals surface area contributed by atoms with E-state index >= 15 is 0 Å². The topological polar surface area (TPSA) is 66.8 Å². The van der Waals surface area contributed by atoms with Crippen LogP contribution in [0.4, 0.5) is 0 Å². The van der Waals surface area contributed by atoms with E-state index in [2.05, 4.69) is 0 Å². The molecule has 0 radical (unpaired) electrons. The molecule has 23 heavy (non-hydrogen) atoms. The summed E-state index contributed by atoms with van der Waals surface area (Å²) in [6, 6.07) is 12.1. The Hall–Kier alpha value is -2.40. The van der Waals surface area contributed by atoms with Crippen LogP contribution in [-0.2, 0) is 9.53 Å². The molecule has 0 aliphatic heterocycles. The molecule has 0 bridgehead atoms. The maximum absolute atomic E-state index is 13.0. The number of hydrogen-bond donors (Lipinski definition) is 1. The molecule has 1 N–H and O–H groups in total. The molecule has 0 heterocycles. The van der Waals surface area contributed by atoms with Crippen molar-refractivity contribution in [3.63, 3.8) is 0 Å². The van der Waals surface area contributed by atoms with E-state index in [9.17, 15) is 14.7 Å². The third-order valence-corrected chi connectivity index (χ3v) is 3.73. The fourth-order valence-electron chi connectivity index (χ4n) is 2.66.